The van der Waals surface area contributed by atoms with E-state index in [1.54, 1.807) is 0 Å². The fraction of sp³-hybridized carbons (Fsp3) is 0.625. The Labute approximate surface area is 126 Å². The van der Waals surface area contributed by atoms with Crippen molar-refractivity contribution in [2.45, 2.75) is 45.6 Å². The SMILES string of the molecule is CCN(c1nccn2nc(C)cc12)C1CCCCC1CN. The van der Waals surface area contributed by atoms with Crippen molar-refractivity contribution in [3.05, 3.63) is 24.2 Å². The van der Waals surface area contributed by atoms with Crippen molar-refractivity contribution in [3.8, 4) is 0 Å². The molecule has 114 valence electrons. The number of aromatic nitrogens is 3. The van der Waals surface area contributed by atoms with E-state index >= 15 is 0 Å². The summed E-state index contributed by atoms with van der Waals surface area (Å²) < 4.78 is 1.93. The molecule has 2 atom stereocenters. The maximum Gasteiger partial charge on any atom is 0.154 e. The van der Waals surface area contributed by atoms with E-state index in [1.807, 2.05) is 23.8 Å². The standard InChI is InChI=1S/C16H25N5/c1-3-20(14-7-5-4-6-13(14)11-17)16-15-10-12(2)19-21(15)9-8-18-16/h8-10,13-14H,3-7,11,17H2,1-2H3. The van der Waals surface area contributed by atoms with Gasteiger partial charge in [0.2, 0.25) is 0 Å². The Bertz CT molecular complexity index is 606. The van der Waals surface area contributed by atoms with Crippen LogP contribution in [0.3, 0.4) is 0 Å². The first-order valence-electron chi connectivity index (χ1n) is 8.02. The summed E-state index contributed by atoms with van der Waals surface area (Å²) in [5.41, 5.74) is 8.14. The lowest BCUT2D eigenvalue weighted by molar-refractivity contribution is 0.300. The van der Waals surface area contributed by atoms with Crippen LogP contribution in [-0.4, -0.2) is 33.7 Å². The van der Waals surface area contributed by atoms with Crippen LogP contribution in [0.1, 0.15) is 38.3 Å². The lowest BCUT2D eigenvalue weighted by Crippen LogP contribution is -2.45. The first-order chi connectivity index (χ1) is 10.2. The number of fused-ring (bicyclic) bond motifs is 1. The maximum absolute atomic E-state index is 6.02. The fourth-order valence-electron chi connectivity index (χ4n) is 3.67. The van der Waals surface area contributed by atoms with Gasteiger partial charge in [0.25, 0.3) is 0 Å². The molecule has 2 N–H and O–H groups in total. The number of nitrogens with zero attached hydrogens (tertiary/aromatic N) is 4. The summed E-state index contributed by atoms with van der Waals surface area (Å²) in [6.45, 7) is 5.95. The van der Waals surface area contributed by atoms with Crippen LogP contribution < -0.4 is 10.6 Å². The van der Waals surface area contributed by atoms with Crippen molar-refractivity contribution in [2.75, 3.05) is 18.0 Å². The van der Waals surface area contributed by atoms with Crippen LogP contribution in [-0.2, 0) is 0 Å². The lowest BCUT2D eigenvalue weighted by atomic mass is 9.83. The predicted octanol–water partition coefficient (Wildman–Crippen LogP) is 2.38. The number of hydrogen-bond acceptors (Lipinski definition) is 4. The van der Waals surface area contributed by atoms with E-state index in [1.165, 1.54) is 25.7 Å². The highest BCUT2D eigenvalue weighted by molar-refractivity contribution is 5.69. The molecule has 5 heteroatoms. The van der Waals surface area contributed by atoms with Crippen molar-refractivity contribution in [2.24, 2.45) is 11.7 Å². The molecule has 3 rings (SSSR count). The molecule has 1 aliphatic carbocycles. The molecule has 2 unspecified atom stereocenters. The molecule has 1 aliphatic rings. The van der Waals surface area contributed by atoms with Gasteiger partial charge in [-0.15, -0.1) is 0 Å². The topological polar surface area (TPSA) is 59.5 Å². The van der Waals surface area contributed by atoms with Crippen molar-refractivity contribution < 1.29 is 0 Å². The van der Waals surface area contributed by atoms with E-state index in [2.05, 4.69) is 28.0 Å². The molecule has 5 nitrogen and oxygen atoms in total. The first-order valence-corrected chi connectivity index (χ1v) is 8.02. The number of nitrogens with two attached hydrogens (primary N) is 1. The summed E-state index contributed by atoms with van der Waals surface area (Å²) in [6.07, 6.45) is 8.81. The quantitative estimate of drug-likeness (QED) is 0.938. The number of rotatable bonds is 4. The summed E-state index contributed by atoms with van der Waals surface area (Å²) in [5.74, 6) is 1.62. The van der Waals surface area contributed by atoms with Crippen molar-refractivity contribution in [1.82, 2.24) is 14.6 Å². The number of anilines is 1. The van der Waals surface area contributed by atoms with Crippen molar-refractivity contribution >= 4 is 11.3 Å². The normalized spacial score (nSPS) is 22.6. The van der Waals surface area contributed by atoms with Crippen LogP contribution in [0.25, 0.3) is 5.52 Å². The van der Waals surface area contributed by atoms with Crippen molar-refractivity contribution in [1.29, 1.82) is 0 Å². The Hall–Kier alpha value is -1.62. The fourth-order valence-corrected chi connectivity index (χ4v) is 3.67. The highest BCUT2D eigenvalue weighted by atomic mass is 15.3. The average Bonchev–Trinajstić information content (AvgIpc) is 2.89. The summed E-state index contributed by atoms with van der Waals surface area (Å²) in [7, 11) is 0. The maximum atomic E-state index is 6.02. The van der Waals surface area contributed by atoms with Crippen LogP contribution in [0.4, 0.5) is 5.82 Å². The van der Waals surface area contributed by atoms with Gasteiger partial charge < -0.3 is 10.6 Å². The van der Waals surface area contributed by atoms with E-state index in [4.69, 9.17) is 5.73 Å². The molecule has 1 saturated carbocycles. The molecule has 0 aliphatic heterocycles. The van der Waals surface area contributed by atoms with E-state index in [-0.39, 0.29) is 0 Å². The monoisotopic (exact) mass is 287 g/mol. The van der Waals surface area contributed by atoms with Crippen LogP contribution in [0, 0.1) is 12.8 Å². The Morgan fingerprint density at radius 2 is 2.19 bits per heavy atom. The molecular formula is C16H25N5. The van der Waals surface area contributed by atoms with Crippen LogP contribution >= 0.6 is 0 Å². The molecule has 21 heavy (non-hydrogen) atoms. The third kappa shape index (κ3) is 2.62. The van der Waals surface area contributed by atoms with Crippen LogP contribution in [0.2, 0.25) is 0 Å². The van der Waals surface area contributed by atoms with Gasteiger partial charge in [-0.1, -0.05) is 12.8 Å². The second kappa shape index (κ2) is 6.02. The zero-order valence-electron chi connectivity index (χ0n) is 13.0. The molecule has 2 aromatic heterocycles. The molecule has 1 fully saturated rings. The smallest absolute Gasteiger partial charge is 0.154 e. The Morgan fingerprint density at radius 1 is 1.38 bits per heavy atom. The second-order valence-electron chi connectivity index (χ2n) is 6.00. The largest absolute Gasteiger partial charge is 0.352 e. The summed E-state index contributed by atoms with van der Waals surface area (Å²) in [5, 5.41) is 4.50. The lowest BCUT2D eigenvalue weighted by Gasteiger charge is -2.40. The second-order valence-corrected chi connectivity index (χ2v) is 6.00. The summed E-state index contributed by atoms with van der Waals surface area (Å²) in [4.78, 5) is 7.10. The molecule has 0 radical (unpaired) electrons. The van der Waals surface area contributed by atoms with Gasteiger partial charge in [0.1, 0.15) is 5.52 Å². The van der Waals surface area contributed by atoms with Gasteiger partial charge in [0.15, 0.2) is 5.82 Å². The van der Waals surface area contributed by atoms with Crippen LogP contribution in [0.15, 0.2) is 18.5 Å². The van der Waals surface area contributed by atoms with E-state index < -0.39 is 0 Å². The predicted molar refractivity (Wildman–Crippen MR) is 85.5 cm³/mol. The number of hydrogen-bond donors (Lipinski definition) is 1. The van der Waals surface area contributed by atoms with E-state index in [0.29, 0.717) is 12.0 Å². The highest BCUT2D eigenvalue weighted by Gasteiger charge is 2.30. The Kier molecular flexibility index (Phi) is 4.10. The van der Waals surface area contributed by atoms with E-state index in [0.717, 1.165) is 30.1 Å². The molecular weight excluding hydrogens is 262 g/mol. The van der Waals surface area contributed by atoms with Gasteiger partial charge in [-0.25, -0.2) is 9.50 Å². The highest BCUT2D eigenvalue weighted by Crippen LogP contribution is 2.32. The van der Waals surface area contributed by atoms with Gasteiger partial charge in [-0.2, -0.15) is 5.10 Å². The molecule has 0 bridgehead atoms. The van der Waals surface area contributed by atoms with Crippen molar-refractivity contribution in [3.63, 3.8) is 0 Å². The molecule has 2 aromatic rings. The molecule has 0 aromatic carbocycles. The van der Waals surface area contributed by atoms with Gasteiger partial charge in [-0.05, 0) is 45.2 Å². The summed E-state index contributed by atoms with van der Waals surface area (Å²) >= 11 is 0. The zero-order valence-corrected chi connectivity index (χ0v) is 13.0. The molecule has 0 amide bonds. The third-order valence-corrected chi connectivity index (χ3v) is 4.68. The Balaban J connectivity index is 2.01. The molecule has 0 saturated heterocycles. The minimum absolute atomic E-state index is 0.502. The molecule has 2 heterocycles. The molecule has 0 spiro atoms. The Morgan fingerprint density at radius 3 is 2.95 bits per heavy atom. The van der Waals surface area contributed by atoms with Gasteiger partial charge in [0.05, 0.1) is 5.69 Å². The first kappa shape index (κ1) is 14.3. The van der Waals surface area contributed by atoms with E-state index in [9.17, 15) is 0 Å². The average molecular weight is 287 g/mol. The third-order valence-electron chi connectivity index (χ3n) is 4.68. The zero-order chi connectivity index (χ0) is 14.8. The minimum Gasteiger partial charge on any atom is -0.352 e. The summed E-state index contributed by atoms with van der Waals surface area (Å²) in [6, 6.07) is 2.62. The minimum atomic E-state index is 0.502. The van der Waals surface area contributed by atoms with Gasteiger partial charge >= 0.3 is 0 Å². The number of aryl methyl sites for hydroxylation is 1. The van der Waals surface area contributed by atoms with Crippen LogP contribution in [0.5, 0.6) is 0 Å². The van der Waals surface area contributed by atoms with Gasteiger partial charge in [-0.3, -0.25) is 0 Å². The van der Waals surface area contributed by atoms with Gasteiger partial charge in [0, 0.05) is 25.0 Å².